The molecular formula is C15H28O4. The summed E-state index contributed by atoms with van der Waals surface area (Å²) in [6.45, 7) is 11.6. The minimum absolute atomic E-state index is 0.314. The largest absolute Gasteiger partial charge is 0.459 e. The average molecular weight is 272 g/mol. The van der Waals surface area contributed by atoms with Crippen LogP contribution in [0.3, 0.4) is 0 Å². The predicted molar refractivity (Wildman–Crippen MR) is 74.8 cm³/mol. The average Bonchev–Trinajstić information content (AvgIpc) is 2.37. The van der Waals surface area contributed by atoms with E-state index in [1.165, 1.54) is 0 Å². The van der Waals surface area contributed by atoms with Crippen molar-refractivity contribution in [2.75, 3.05) is 0 Å². The van der Waals surface area contributed by atoms with Crippen LogP contribution >= 0.6 is 0 Å². The first-order valence-electron chi connectivity index (χ1n) is 7.17. The number of hydrogen-bond acceptors (Lipinski definition) is 4. The van der Waals surface area contributed by atoms with Gasteiger partial charge in [-0.3, -0.25) is 9.59 Å². The minimum atomic E-state index is -0.509. The van der Waals surface area contributed by atoms with E-state index in [1.54, 1.807) is 0 Å². The van der Waals surface area contributed by atoms with Gasteiger partial charge in [0.1, 0.15) is 17.6 Å². The summed E-state index contributed by atoms with van der Waals surface area (Å²) in [5.74, 6) is -1.02. The molecule has 0 spiro atoms. The molecule has 0 bridgehead atoms. The number of ether oxygens (including phenoxy) is 2. The zero-order valence-corrected chi connectivity index (χ0v) is 13.2. The Balaban J connectivity index is 4.39. The van der Waals surface area contributed by atoms with Crippen molar-refractivity contribution in [1.29, 1.82) is 0 Å². The third kappa shape index (κ3) is 6.08. The van der Waals surface area contributed by atoms with E-state index in [9.17, 15) is 9.59 Å². The Labute approximate surface area is 116 Å². The van der Waals surface area contributed by atoms with E-state index in [2.05, 4.69) is 0 Å². The lowest BCUT2D eigenvalue weighted by Crippen LogP contribution is -2.34. The molecule has 0 fully saturated rings. The Morgan fingerprint density at radius 3 is 1.21 bits per heavy atom. The van der Waals surface area contributed by atoms with Crippen LogP contribution in [-0.4, -0.2) is 23.1 Å². The number of rotatable bonds is 8. The van der Waals surface area contributed by atoms with E-state index < -0.39 is 23.1 Å². The minimum Gasteiger partial charge on any atom is -0.459 e. The van der Waals surface area contributed by atoms with Crippen LogP contribution in [-0.2, 0) is 19.1 Å². The van der Waals surface area contributed by atoms with Crippen molar-refractivity contribution in [2.45, 2.75) is 84.8 Å². The lowest BCUT2D eigenvalue weighted by molar-refractivity contribution is -0.170. The highest BCUT2D eigenvalue weighted by Gasteiger charge is 2.29. The third-order valence-corrected chi connectivity index (χ3v) is 4.00. The molecule has 0 aromatic heterocycles. The van der Waals surface area contributed by atoms with Crippen LogP contribution in [0.2, 0.25) is 0 Å². The van der Waals surface area contributed by atoms with Crippen LogP contribution in [0, 0.1) is 0 Å². The van der Waals surface area contributed by atoms with Gasteiger partial charge >= 0.3 is 11.9 Å². The standard InChI is InChI=1S/C15H28O4/c1-7-14(5,8-2)18-12(16)11-13(17)19-15(6,9-3)10-4/h7-11H2,1-6H3. The lowest BCUT2D eigenvalue weighted by Gasteiger charge is -2.28. The van der Waals surface area contributed by atoms with Gasteiger partial charge in [0.25, 0.3) is 0 Å². The first kappa shape index (κ1) is 17.9. The molecule has 0 atom stereocenters. The summed E-state index contributed by atoms with van der Waals surface area (Å²) in [7, 11) is 0. The summed E-state index contributed by atoms with van der Waals surface area (Å²) in [5.41, 5.74) is -0.980. The van der Waals surface area contributed by atoms with Gasteiger partial charge in [-0.25, -0.2) is 0 Å². The molecule has 19 heavy (non-hydrogen) atoms. The molecule has 0 amide bonds. The molecule has 0 aromatic rings. The second-order valence-corrected chi connectivity index (χ2v) is 5.44. The van der Waals surface area contributed by atoms with Crippen molar-refractivity contribution in [2.24, 2.45) is 0 Å². The van der Waals surface area contributed by atoms with Gasteiger partial charge in [0.05, 0.1) is 0 Å². The molecule has 0 saturated heterocycles. The van der Waals surface area contributed by atoms with Crippen LogP contribution in [0.5, 0.6) is 0 Å². The maximum atomic E-state index is 11.7. The van der Waals surface area contributed by atoms with Crippen LogP contribution in [0.1, 0.15) is 73.6 Å². The Morgan fingerprint density at radius 1 is 0.737 bits per heavy atom. The highest BCUT2D eigenvalue weighted by molar-refractivity contribution is 5.91. The maximum absolute atomic E-state index is 11.7. The molecular weight excluding hydrogens is 244 g/mol. The van der Waals surface area contributed by atoms with Gasteiger partial charge in [-0.1, -0.05) is 27.7 Å². The molecule has 4 nitrogen and oxygen atoms in total. The summed E-state index contributed by atoms with van der Waals surface area (Å²) in [5, 5.41) is 0. The van der Waals surface area contributed by atoms with Gasteiger partial charge in [0, 0.05) is 0 Å². The van der Waals surface area contributed by atoms with Crippen molar-refractivity contribution < 1.29 is 19.1 Å². The number of carbonyl (C=O) groups excluding carboxylic acids is 2. The zero-order valence-electron chi connectivity index (χ0n) is 13.2. The van der Waals surface area contributed by atoms with Gasteiger partial charge in [-0.2, -0.15) is 0 Å². The van der Waals surface area contributed by atoms with Crippen LogP contribution in [0.25, 0.3) is 0 Å². The van der Waals surface area contributed by atoms with Gasteiger partial charge in [0.2, 0.25) is 0 Å². The van der Waals surface area contributed by atoms with Gasteiger partial charge in [0.15, 0.2) is 0 Å². The fourth-order valence-corrected chi connectivity index (χ4v) is 1.53. The zero-order chi connectivity index (χ0) is 15.1. The van der Waals surface area contributed by atoms with Gasteiger partial charge in [-0.15, -0.1) is 0 Å². The highest BCUT2D eigenvalue weighted by Crippen LogP contribution is 2.22. The maximum Gasteiger partial charge on any atom is 0.317 e. The number of hydrogen-bond donors (Lipinski definition) is 0. The molecule has 0 aliphatic rings. The molecule has 0 radical (unpaired) electrons. The Hall–Kier alpha value is -1.06. The fourth-order valence-electron chi connectivity index (χ4n) is 1.53. The molecule has 0 aliphatic carbocycles. The van der Waals surface area contributed by atoms with E-state index in [0.717, 1.165) is 25.7 Å². The molecule has 0 saturated carbocycles. The Morgan fingerprint density at radius 2 is 1.00 bits per heavy atom. The predicted octanol–water partition coefficient (Wildman–Crippen LogP) is 3.62. The molecule has 0 heterocycles. The molecule has 0 aliphatic heterocycles. The highest BCUT2D eigenvalue weighted by atomic mass is 16.6. The fraction of sp³-hybridized carbons (Fsp3) is 0.867. The third-order valence-electron chi connectivity index (χ3n) is 4.00. The lowest BCUT2D eigenvalue weighted by atomic mass is 10.00. The Kier molecular flexibility index (Phi) is 7.09. The smallest absolute Gasteiger partial charge is 0.317 e. The molecule has 0 N–H and O–H groups in total. The normalized spacial score (nSPS) is 12.1. The van der Waals surface area contributed by atoms with Crippen LogP contribution in [0.15, 0.2) is 0 Å². The number of carbonyl (C=O) groups is 2. The quantitative estimate of drug-likeness (QED) is 0.500. The molecule has 0 unspecified atom stereocenters. The van der Waals surface area contributed by atoms with E-state index >= 15 is 0 Å². The first-order valence-corrected chi connectivity index (χ1v) is 7.17. The van der Waals surface area contributed by atoms with Crippen molar-refractivity contribution in [3.63, 3.8) is 0 Å². The SMILES string of the molecule is CCC(C)(CC)OC(=O)CC(=O)OC(C)(CC)CC. The summed E-state index contributed by atoms with van der Waals surface area (Å²) >= 11 is 0. The van der Waals surface area contributed by atoms with Crippen LogP contribution in [0.4, 0.5) is 0 Å². The second-order valence-electron chi connectivity index (χ2n) is 5.44. The summed E-state index contributed by atoms with van der Waals surface area (Å²) in [6.07, 6.45) is 2.60. The molecule has 0 aromatic carbocycles. The summed E-state index contributed by atoms with van der Waals surface area (Å²) < 4.78 is 10.7. The first-order chi connectivity index (χ1) is 8.74. The molecule has 0 rings (SSSR count). The Bertz CT molecular complexity index is 271. The van der Waals surface area contributed by atoms with Gasteiger partial charge < -0.3 is 9.47 Å². The van der Waals surface area contributed by atoms with Crippen molar-refractivity contribution in [3.05, 3.63) is 0 Å². The van der Waals surface area contributed by atoms with Crippen molar-refractivity contribution >= 4 is 11.9 Å². The number of esters is 2. The molecule has 4 heteroatoms. The van der Waals surface area contributed by atoms with E-state index in [-0.39, 0.29) is 6.42 Å². The van der Waals surface area contributed by atoms with E-state index in [0.29, 0.717) is 0 Å². The monoisotopic (exact) mass is 272 g/mol. The van der Waals surface area contributed by atoms with Crippen molar-refractivity contribution in [1.82, 2.24) is 0 Å². The van der Waals surface area contributed by atoms with E-state index in [1.807, 2.05) is 41.5 Å². The summed E-state index contributed by atoms with van der Waals surface area (Å²) in [4.78, 5) is 23.5. The molecule has 112 valence electrons. The van der Waals surface area contributed by atoms with E-state index in [4.69, 9.17) is 9.47 Å². The summed E-state index contributed by atoms with van der Waals surface area (Å²) in [6, 6.07) is 0. The topological polar surface area (TPSA) is 52.6 Å². The van der Waals surface area contributed by atoms with Crippen molar-refractivity contribution in [3.8, 4) is 0 Å². The second kappa shape index (κ2) is 7.51. The van der Waals surface area contributed by atoms with Gasteiger partial charge in [-0.05, 0) is 39.5 Å². The van der Waals surface area contributed by atoms with Crippen LogP contribution < -0.4 is 0 Å².